The van der Waals surface area contributed by atoms with Crippen LogP contribution < -0.4 is 0 Å². The van der Waals surface area contributed by atoms with Crippen LogP contribution in [0.15, 0.2) is 48.5 Å². The summed E-state index contributed by atoms with van der Waals surface area (Å²) in [4.78, 5) is 0. The summed E-state index contributed by atoms with van der Waals surface area (Å²) in [5, 5.41) is 17.8. The van der Waals surface area contributed by atoms with E-state index in [2.05, 4.69) is 56.3 Å². The number of rotatable bonds is 1. The zero-order chi connectivity index (χ0) is 13.9. The van der Waals surface area contributed by atoms with E-state index in [1.54, 1.807) is 0 Å². The molecular formula is C19H16O. The average Bonchev–Trinajstić information content (AvgIpc) is 2.43. The molecule has 0 amide bonds. The lowest BCUT2D eigenvalue weighted by Crippen LogP contribution is -1.93. The van der Waals surface area contributed by atoms with Crippen LogP contribution in [-0.2, 0) is 0 Å². The van der Waals surface area contributed by atoms with Gasteiger partial charge in [0.15, 0.2) is 0 Å². The SMILES string of the molecule is CC(C)c1c(O)cc2ccc3cccc4ccc1c2c34. The monoisotopic (exact) mass is 260 g/mol. The van der Waals surface area contributed by atoms with Gasteiger partial charge in [-0.05, 0) is 44.3 Å². The largest absolute Gasteiger partial charge is 0.508 e. The van der Waals surface area contributed by atoms with Crippen LogP contribution in [0.4, 0.5) is 0 Å². The van der Waals surface area contributed by atoms with Gasteiger partial charge in [-0.1, -0.05) is 56.3 Å². The van der Waals surface area contributed by atoms with Crippen LogP contribution in [0.25, 0.3) is 32.3 Å². The molecule has 0 atom stereocenters. The van der Waals surface area contributed by atoms with Crippen LogP contribution in [0.2, 0.25) is 0 Å². The number of aromatic hydroxyl groups is 1. The normalized spacial score (nSPS) is 12.2. The third-order valence-corrected chi connectivity index (χ3v) is 4.24. The van der Waals surface area contributed by atoms with Crippen LogP contribution in [0.1, 0.15) is 25.3 Å². The van der Waals surface area contributed by atoms with Gasteiger partial charge in [0.25, 0.3) is 0 Å². The smallest absolute Gasteiger partial charge is 0.120 e. The summed E-state index contributed by atoms with van der Waals surface area (Å²) in [7, 11) is 0. The zero-order valence-electron chi connectivity index (χ0n) is 11.6. The van der Waals surface area contributed by atoms with Crippen LogP contribution in [0, 0.1) is 0 Å². The molecule has 0 aliphatic carbocycles. The van der Waals surface area contributed by atoms with Crippen LogP contribution in [0.5, 0.6) is 5.75 Å². The number of hydrogen-bond acceptors (Lipinski definition) is 1. The van der Waals surface area contributed by atoms with Gasteiger partial charge in [0.1, 0.15) is 5.75 Å². The average molecular weight is 260 g/mol. The second-order valence-electron chi connectivity index (χ2n) is 5.82. The molecule has 0 fully saturated rings. The van der Waals surface area contributed by atoms with Crippen LogP contribution in [-0.4, -0.2) is 5.11 Å². The summed E-state index contributed by atoms with van der Waals surface area (Å²) in [6.45, 7) is 4.26. The molecule has 4 rings (SSSR count). The minimum atomic E-state index is 0.305. The van der Waals surface area contributed by atoms with Crippen molar-refractivity contribution in [2.75, 3.05) is 0 Å². The van der Waals surface area contributed by atoms with Crippen molar-refractivity contribution in [2.24, 2.45) is 0 Å². The van der Waals surface area contributed by atoms with Crippen molar-refractivity contribution in [3.8, 4) is 5.75 Å². The zero-order valence-corrected chi connectivity index (χ0v) is 11.6. The maximum absolute atomic E-state index is 10.3. The summed E-state index contributed by atoms with van der Waals surface area (Å²) in [6.07, 6.45) is 0. The third-order valence-electron chi connectivity index (χ3n) is 4.24. The summed E-state index contributed by atoms with van der Waals surface area (Å²) >= 11 is 0. The van der Waals surface area contributed by atoms with Crippen molar-refractivity contribution in [1.29, 1.82) is 0 Å². The Bertz CT molecular complexity index is 919. The second-order valence-corrected chi connectivity index (χ2v) is 5.82. The maximum atomic E-state index is 10.3. The molecule has 1 N–H and O–H groups in total. The van der Waals surface area contributed by atoms with E-state index in [-0.39, 0.29) is 0 Å². The highest BCUT2D eigenvalue weighted by Gasteiger charge is 2.15. The molecular weight excluding hydrogens is 244 g/mol. The summed E-state index contributed by atoms with van der Waals surface area (Å²) in [6, 6.07) is 16.9. The van der Waals surface area contributed by atoms with Gasteiger partial charge in [0.05, 0.1) is 0 Å². The molecule has 0 aromatic heterocycles. The van der Waals surface area contributed by atoms with Gasteiger partial charge < -0.3 is 5.11 Å². The fourth-order valence-electron chi connectivity index (χ4n) is 3.42. The van der Waals surface area contributed by atoms with E-state index in [0.717, 1.165) is 10.9 Å². The van der Waals surface area contributed by atoms with Crippen molar-refractivity contribution >= 4 is 32.3 Å². The van der Waals surface area contributed by atoms with E-state index in [9.17, 15) is 5.11 Å². The molecule has 0 heterocycles. The molecule has 20 heavy (non-hydrogen) atoms. The minimum Gasteiger partial charge on any atom is -0.508 e. The summed E-state index contributed by atoms with van der Waals surface area (Å²) < 4.78 is 0. The van der Waals surface area contributed by atoms with E-state index in [1.807, 2.05) is 6.07 Å². The topological polar surface area (TPSA) is 20.2 Å². The Labute approximate surface area is 117 Å². The highest BCUT2D eigenvalue weighted by molar-refractivity contribution is 6.24. The lowest BCUT2D eigenvalue weighted by Gasteiger charge is -2.17. The quantitative estimate of drug-likeness (QED) is 0.453. The van der Waals surface area contributed by atoms with E-state index < -0.39 is 0 Å². The molecule has 4 aromatic carbocycles. The van der Waals surface area contributed by atoms with Gasteiger partial charge >= 0.3 is 0 Å². The van der Waals surface area contributed by atoms with Gasteiger partial charge in [-0.3, -0.25) is 0 Å². The Kier molecular flexibility index (Phi) is 2.23. The first kappa shape index (κ1) is 11.5. The summed E-state index contributed by atoms with van der Waals surface area (Å²) in [5.41, 5.74) is 1.05. The molecule has 0 radical (unpaired) electrons. The Morgan fingerprint density at radius 2 is 1.45 bits per heavy atom. The van der Waals surface area contributed by atoms with E-state index >= 15 is 0 Å². The molecule has 0 spiro atoms. The molecule has 0 aliphatic heterocycles. The van der Waals surface area contributed by atoms with Gasteiger partial charge in [0, 0.05) is 5.56 Å². The molecule has 1 nitrogen and oxygen atoms in total. The van der Waals surface area contributed by atoms with Crippen molar-refractivity contribution < 1.29 is 5.11 Å². The fraction of sp³-hybridized carbons (Fsp3) is 0.158. The predicted molar refractivity (Wildman–Crippen MR) is 85.9 cm³/mol. The Morgan fingerprint density at radius 1 is 0.800 bits per heavy atom. The van der Waals surface area contributed by atoms with Gasteiger partial charge in [-0.2, -0.15) is 0 Å². The number of hydrogen-bond donors (Lipinski definition) is 1. The van der Waals surface area contributed by atoms with Gasteiger partial charge in [-0.15, -0.1) is 0 Å². The number of phenols is 1. The molecule has 0 bridgehead atoms. The second kappa shape index (κ2) is 3.86. The van der Waals surface area contributed by atoms with Crippen LogP contribution in [0.3, 0.4) is 0 Å². The first-order valence-corrected chi connectivity index (χ1v) is 7.06. The van der Waals surface area contributed by atoms with Crippen LogP contribution >= 0.6 is 0 Å². The minimum absolute atomic E-state index is 0.305. The van der Waals surface area contributed by atoms with E-state index in [1.165, 1.54) is 26.9 Å². The van der Waals surface area contributed by atoms with E-state index in [4.69, 9.17) is 0 Å². The lowest BCUT2D eigenvalue weighted by atomic mass is 9.88. The van der Waals surface area contributed by atoms with E-state index in [0.29, 0.717) is 11.7 Å². The Hall–Kier alpha value is -2.28. The van der Waals surface area contributed by atoms with Crippen molar-refractivity contribution in [2.45, 2.75) is 19.8 Å². The maximum Gasteiger partial charge on any atom is 0.120 e. The first-order valence-electron chi connectivity index (χ1n) is 7.06. The molecule has 0 saturated carbocycles. The summed E-state index contributed by atoms with van der Waals surface area (Å²) in [5.74, 6) is 0.713. The van der Waals surface area contributed by atoms with Crippen molar-refractivity contribution in [3.63, 3.8) is 0 Å². The third kappa shape index (κ3) is 1.38. The molecule has 4 aromatic rings. The molecule has 1 heteroatoms. The fourth-order valence-corrected chi connectivity index (χ4v) is 3.42. The molecule has 0 aliphatic rings. The number of phenolic OH excluding ortho intramolecular Hbond substituents is 1. The van der Waals surface area contributed by atoms with Crippen molar-refractivity contribution in [1.82, 2.24) is 0 Å². The molecule has 98 valence electrons. The van der Waals surface area contributed by atoms with Crippen molar-refractivity contribution in [3.05, 3.63) is 54.1 Å². The van der Waals surface area contributed by atoms with Gasteiger partial charge in [0.2, 0.25) is 0 Å². The highest BCUT2D eigenvalue weighted by Crippen LogP contribution is 2.41. The number of benzene rings is 4. The molecule has 0 unspecified atom stereocenters. The lowest BCUT2D eigenvalue weighted by molar-refractivity contribution is 0.467. The standard InChI is InChI=1S/C19H16O/c1-11(2)17-15-9-8-13-5-3-4-12-6-7-14(10-16(17)20)19(15)18(12)13/h3-11,20H,1-2H3. The Morgan fingerprint density at radius 3 is 2.15 bits per heavy atom. The highest BCUT2D eigenvalue weighted by atomic mass is 16.3. The first-order chi connectivity index (χ1) is 9.66. The molecule has 0 saturated heterocycles. The van der Waals surface area contributed by atoms with Gasteiger partial charge in [-0.25, -0.2) is 0 Å². The Balaban J connectivity index is 2.36. The predicted octanol–water partition coefficient (Wildman–Crippen LogP) is 5.41.